The number of rotatable bonds is 14. The van der Waals surface area contributed by atoms with Gasteiger partial charge in [-0.2, -0.15) is 0 Å². The summed E-state index contributed by atoms with van der Waals surface area (Å²) < 4.78 is 0. The van der Waals surface area contributed by atoms with Crippen molar-refractivity contribution in [2.75, 3.05) is 0 Å². The highest BCUT2D eigenvalue weighted by Crippen LogP contribution is 2.09. The van der Waals surface area contributed by atoms with Crippen LogP contribution in [0, 0.1) is 0 Å². The maximum Gasteiger partial charge on any atom is 0.320 e. The Balaban J connectivity index is 3.78. The number of aliphatic carboxylic acids is 1. The second-order valence-corrected chi connectivity index (χ2v) is 5.72. The van der Waals surface area contributed by atoms with Crippen LogP contribution in [0.1, 0.15) is 84.5 Å². The van der Waals surface area contributed by atoms with Crippen LogP contribution in [0.15, 0.2) is 0 Å². The van der Waals surface area contributed by atoms with Crippen molar-refractivity contribution in [2.45, 2.75) is 96.7 Å². The van der Waals surface area contributed by atoms with E-state index in [1.54, 1.807) is 0 Å². The molecule has 0 heterocycles. The van der Waals surface area contributed by atoms with Gasteiger partial charge in [-0.1, -0.05) is 71.6 Å². The van der Waals surface area contributed by atoms with E-state index in [1.807, 2.05) is 0 Å². The topological polar surface area (TPSA) is 75.3 Å². The smallest absolute Gasteiger partial charge is 0.320 e. The third-order valence-corrected chi connectivity index (χ3v) is 3.68. The summed E-state index contributed by atoms with van der Waals surface area (Å²) in [4.78, 5) is 11.2. The van der Waals surface area contributed by atoms with Gasteiger partial charge in [0.25, 0.3) is 0 Å². The van der Waals surface area contributed by atoms with Crippen LogP contribution in [0.25, 0.3) is 0 Å². The molecule has 0 bridgehead atoms. The van der Waals surface area contributed by atoms with Crippen LogP contribution in [-0.4, -0.2) is 23.3 Å². The number of carbonyl (C=O) groups is 1. The number of carboxylic acid groups (broad SMARTS) is 1. The third kappa shape index (κ3) is 11.2. The molecule has 0 rings (SSSR count). The van der Waals surface area contributed by atoms with Gasteiger partial charge >= 0.3 is 5.97 Å². The lowest BCUT2D eigenvalue weighted by atomic mass is 10.1. The fourth-order valence-electron chi connectivity index (χ4n) is 2.36. The minimum atomic E-state index is -0.775. The van der Waals surface area contributed by atoms with Gasteiger partial charge < -0.3 is 10.8 Å². The summed E-state index contributed by atoms with van der Waals surface area (Å²) in [5.41, 5.74) is 5.98. The number of unbranched alkanes of at least 4 members (excludes halogenated alkanes) is 7. The molecule has 0 aromatic heterocycles. The molecule has 0 aromatic carbocycles. The van der Waals surface area contributed by atoms with E-state index in [-0.39, 0.29) is 6.17 Å². The first kappa shape index (κ1) is 19.4. The molecule has 2 atom stereocenters. The number of hydrogen-bond acceptors (Lipinski definition) is 3. The lowest BCUT2D eigenvalue weighted by Gasteiger charge is -2.20. The summed E-state index contributed by atoms with van der Waals surface area (Å²) in [5, 5.41) is 12.3. The molecule has 4 nitrogen and oxygen atoms in total. The molecule has 0 radical (unpaired) electrons. The van der Waals surface area contributed by atoms with Crippen molar-refractivity contribution in [1.82, 2.24) is 5.32 Å². The quantitative estimate of drug-likeness (QED) is 0.336. The Morgan fingerprint density at radius 2 is 1.45 bits per heavy atom. The predicted molar refractivity (Wildman–Crippen MR) is 84.7 cm³/mol. The maximum absolute atomic E-state index is 11.2. The number of hydrogen-bond donors (Lipinski definition) is 3. The zero-order chi connectivity index (χ0) is 15.2. The highest BCUT2D eigenvalue weighted by atomic mass is 16.4. The molecular formula is C16H34N2O2. The average molecular weight is 286 g/mol. The van der Waals surface area contributed by atoms with Crippen molar-refractivity contribution in [3.05, 3.63) is 0 Å². The van der Waals surface area contributed by atoms with E-state index in [2.05, 4.69) is 19.2 Å². The Morgan fingerprint density at radius 3 is 2.00 bits per heavy atom. The summed E-state index contributed by atoms with van der Waals surface area (Å²) >= 11 is 0. The Morgan fingerprint density at radius 1 is 0.950 bits per heavy atom. The molecule has 4 N–H and O–H groups in total. The Bertz CT molecular complexity index is 235. The van der Waals surface area contributed by atoms with E-state index in [1.165, 1.54) is 38.5 Å². The van der Waals surface area contributed by atoms with E-state index < -0.39 is 12.0 Å². The van der Waals surface area contributed by atoms with Crippen molar-refractivity contribution >= 4 is 5.97 Å². The second kappa shape index (κ2) is 13.4. The van der Waals surface area contributed by atoms with E-state index in [4.69, 9.17) is 5.73 Å². The molecule has 0 spiro atoms. The molecular weight excluding hydrogens is 252 g/mol. The lowest BCUT2D eigenvalue weighted by Crippen LogP contribution is -2.47. The fourth-order valence-corrected chi connectivity index (χ4v) is 2.36. The third-order valence-electron chi connectivity index (χ3n) is 3.68. The van der Waals surface area contributed by atoms with Crippen molar-refractivity contribution in [1.29, 1.82) is 0 Å². The van der Waals surface area contributed by atoms with Gasteiger partial charge in [-0.25, -0.2) is 0 Å². The van der Waals surface area contributed by atoms with E-state index in [0.29, 0.717) is 6.42 Å². The molecule has 4 heteroatoms. The molecule has 2 unspecified atom stereocenters. The first-order valence-electron chi connectivity index (χ1n) is 8.36. The summed E-state index contributed by atoms with van der Waals surface area (Å²) in [6.07, 6.45) is 11.8. The number of nitrogens with two attached hydrogens (primary N) is 1. The number of carboxylic acids is 1. The van der Waals surface area contributed by atoms with Crippen LogP contribution in [0.2, 0.25) is 0 Å². The molecule has 0 amide bonds. The molecule has 0 aliphatic heterocycles. The average Bonchev–Trinajstić information content (AvgIpc) is 2.41. The van der Waals surface area contributed by atoms with Gasteiger partial charge in [0, 0.05) is 0 Å². The van der Waals surface area contributed by atoms with Crippen LogP contribution >= 0.6 is 0 Å². The number of nitrogens with one attached hydrogen (secondary N) is 1. The van der Waals surface area contributed by atoms with E-state index >= 15 is 0 Å². The Hall–Kier alpha value is -0.610. The van der Waals surface area contributed by atoms with Crippen LogP contribution in [0.4, 0.5) is 0 Å². The zero-order valence-corrected chi connectivity index (χ0v) is 13.4. The standard InChI is InChI=1S/C16H34N2O2/c1-3-5-7-9-11-13-15(17)18-14(16(19)20)12-10-8-6-4-2/h14-15,18H,3-13,17H2,1-2H3,(H,19,20). The SMILES string of the molecule is CCCCCCCC(N)NC(CCCCCC)C(=O)O. The lowest BCUT2D eigenvalue weighted by molar-refractivity contribution is -0.140. The first-order valence-corrected chi connectivity index (χ1v) is 8.36. The summed E-state index contributed by atoms with van der Waals surface area (Å²) in [6.45, 7) is 4.35. The molecule has 120 valence electrons. The maximum atomic E-state index is 11.2. The van der Waals surface area contributed by atoms with Crippen molar-refractivity contribution in [3.63, 3.8) is 0 Å². The zero-order valence-electron chi connectivity index (χ0n) is 13.4. The summed E-state index contributed by atoms with van der Waals surface area (Å²) in [6, 6.07) is -0.488. The molecule has 0 aliphatic carbocycles. The van der Waals surface area contributed by atoms with E-state index in [9.17, 15) is 9.90 Å². The molecule has 0 aromatic rings. The molecule has 20 heavy (non-hydrogen) atoms. The molecule has 0 aliphatic rings. The van der Waals surface area contributed by atoms with Crippen molar-refractivity contribution in [2.24, 2.45) is 5.73 Å². The van der Waals surface area contributed by atoms with Crippen LogP contribution < -0.4 is 11.1 Å². The first-order chi connectivity index (χ1) is 9.61. The van der Waals surface area contributed by atoms with Crippen molar-refractivity contribution in [3.8, 4) is 0 Å². The predicted octanol–water partition coefficient (Wildman–Crippen LogP) is 3.64. The molecule has 0 saturated heterocycles. The Kier molecular flexibility index (Phi) is 13.0. The van der Waals surface area contributed by atoms with Crippen LogP contribution in [-0.2, 0) is 4.79 Å². The van der Waals surface area contributed by atoms with Gasteiger partial charge in [-0.15, -0.1) is 0 Å². The van der Waals surface area contributed by atoms with Crippen LogP contribution in [0.5, 0.6) is 0 Å². The normalized spacial score (nSPS) is 14.2. The van der Waals surface area contributed by atoms with Crippen LogP contribution in [0.3, 0.4) is 0 Å². The summed E-state index contributed by atoms with van der Waals surface area (Å²) in [5.74, 6) is -0.775. The molecule has 0 fully saturated rings. The van der Waals surface area contributed by atoms with Gasteiger partial charge in [0.15, 0.2) is 0 Å². The summed E-state index contributed by atoms with van der Waals surface area (Å²) in [7, 11) is 0. The fraction of sp³-hybridized carbons (Fsp3) is 0.938. The minimum absolute atomic E-state index is 0.191. The monoisotopic (exact) mass is 286 g/mol. The largest absolute Gasteiger partial charge is 0.480 e. The van der Waals surface area contributed by atoms with E-state index in [0.717, 1.165) is 25.7 Å². The minimum Gasteiger partial charge on any atom is -0.480 e. The molecule has 0 saturated carbocycles. The van der Waals surface area contributed by atoms with Crippen molar-refractivity contribution < 1.29 is 9.90 Å². The second-order valence-electron chi connectivity index (χ2n) is 5.72. The van der Waals surface area contributed by atoms with Gasteiger partial charge in [-0.05, 0) is 12.8 Å². The van der Waals surface area contributed by atoms with Gasteiger partial charge in [-0.3, -0.25) is 10.1 Å². The highest BCUT2D eigenvalue weighted by molar-refractivity contribution is 5.73. The van der Waals surface area contributed by atoms with Gasteiger partial charge in [0.1, 0.15) is 6.04 Å². The Labute approximate surface area is 124 Å². The highest BCUT2D eigenvalue weighted by Gasteiger charge is 2.18. The van der Waals surface area contributed by atoms with Gasteiger partial charge in [0.05, 0.1) is 6.17 Å². The van der Waals surface area contributed by atoms with Gasteiger partial charge in [0.2, 0.25) is 0 Å².